The van der Waals surface area contributed by atoms with E-state index in [1.165, 1.54) is 20.3 Å². The van der Waals surface area contributed by atoms with Crippen molar-refractivity contribution >= 4 is 29.5 Å². The molecule has 2 aliphatic heterocycles. The number of guanidine groups is 2. The van der Waals surface area contributed by atoms with Crippen molar-refractivity contribution in [3.8, 4) is 11.1 Å². The average molecular weight is 889 g/mol. The van der Waals surface area contributed by atoms with Crippen LogP contribution in [-0.4, -0.2) is 111 Å². The minimum Gasteiger partial charge on any atom is -0.378 e. The molecule has 2 aromatic heterocycles. The number of rotatable bonds is 13. The largest absolute Gasteiger partial charge is 0.378 e. The van der Waals surface area contributed by atoms with Gasteiger partial charge in [0.1, 0.15) is 22.8 Å². The molecule has 65 heavy (non-hydrogen) atoms. The zero-order valence-corrected chi connectivity index (χ0v) is 36.8. The van der Waals surface area contributed by atoms with Crippen molar-refractivity contribution in [2.75, 3.05) is 73.4 Å². The van der Waals surface area contributed by atoms with Gasteiger partial charge in [-0.15, -0.1) is 0 Å². The molecular formula is C48H53FN8O8. The van der Waals surface area contributed by atoms with Crippen LogP contribution in [0.1, 0.15) is 52.3 Å². The van der Waals surface area contributed by atoms with E-state index in [1.807, 2.05) is 90.4 Å². The quantitative estimate of drug-likeness (QED) is 0.0535. The lowest BCUT2D eigenvalue weighted by molar-refractivity contribution is -0.187. The van der Waals surface area contributed by atoms with Crippen LogP contribution in [-0.2, 0) is 35.1 Å². The lowest BCUT2D eigenvalue weighted by Gasteiger charge is -2.29. The third-order valence-electron chi connectivity index (χ3n) is 11.1. The zero-order valence-electron chi connectivity index (χ0n) is 36.8. The van der Waals surface area contributed by atoms with Gasteiger partial charge in [0.15, 0.2) is 17.7 Å². The number of carbonyl (C=O) groups excluding carboxylic acids is 1. The predicted molar refractivity (Wildman–Crippen MR) is 241 cm³/mol. The summed E-state index contributed by atoms with van der Waals surface area (Å²) in [6.45, 7) is 9.27. The van der Waals surface area contributed by atoms with E-state index in [0.29, 0.717) is 99.1 Å². The van der Waals surface area contributed by atoms with Crippen molar-refractivity contribution < 1.29 is 41.9 Å². The van der Waals surface area contributed by atoms with Gasteiger partial charge in [-0.05, 0) is 37.1 Å². The third kappa shape index (κ3) is 10.6. The van der Waals surface area contributed by atoms with Gasteiger partial charge in [-0.1, -0.05) is 101 Å². The molecule has 0 amide bonds. The molecule has 4 aromatic carbocycles. The molecule has 1 atom stereocenters. The van der Waals surface area contributed by atoms with Gasteiger partial charge in [-0.25, -0.2) is 4.39 Å². The van der Waals surface area contributed by atoms with Crippen molar-refractivity contribution in [2.45, 2.75) is 25.2 Å². The number of aromatic nitrogens is 2. The predicted octanol–water partition coefficient (Wildman–Crippen LogP) is 6.74. The van der Waals surface area contributed by atoms with E-state index >= 15 is 4.39 Å². The average Bonchev–Trinajstić information content (AvgIpc) is 4.04. The van der Waals surface area contributed by atoms with E-state index in [0.717, 1.165) is 11.1 Å². The molecule has 0 aliphatic carbocycles. The van der Waals surface area contributed by atoms with E-state index in [4.69, 9.17) is 44.2 Å². The molecule has 6 aromatic rings. The number of ether oxygens (including phenoxy) is 5. The van der Waals surface area contributed by atoms with E-state index in [-0.39, 0.29) is 23.2 Å². The Morgan fingerprint density at radius 2 is 1.23 bits per heavy atom. The number of aliphatic imine (C=N–C) groups is 2. The van der Waals surface area contributed by atoms with Gasteiger partial charge in [-0.2, -0.15) is 9.98 Å². The van der Waals surface area contributed by atoms with Crippen LogP contribution in [0.4, 0.5) is 16.2 Å². The molecule has 4 heterocycles. The zero-order chi connectivity index (χ0) is 45.8. The van der Waals surface area contributed by atoms with E-state index in [1.54, 1.807) is 42.5 Å². The van der Waals surface area contributed by atoms with Crippen molar-refractivity contribution in [3.63, 3.8) is 0 Å². The maximum atomic E-state index is 15.0. The van der Waals surface area contributed by atoms with Gasteiger partial charge in [0, 0.05) is 81.4 Å². The maximum absolute atomic E-state index is 15.0. The summed E-state index contributed by atoms with van der Waals surface area (Å²) in [4.78, 5) is 25.5. The fraction of sp³-hybridized carbons (Fsp3) is 0.312. The van der Waals surface area contributed by atoms with E-state index < -0.39 is 17.2 Å². The fourth-order valence-corrected chi connectivity index (χ4v) is 7.52. The van der Waals surface area contributed by atoms with Crippen LogP contribution in [0.3, 0.4) is 0 Å². The first kappa shape index (κ1) is 46.2. The van der Waals surface area contributed by atoms with Crippen LogP contribution in [0, 0.1) is 5.82 Å². The highest BCUT2D eigenvalue weighted by molar-refractivity contribution is 6.09. The number of hydrogen-bond donors (Lipinski definition) is 2. The Morgan fingerprint density at radius 1 is 0.692 bits per heavy atom. The first-order chi connectivity index (χ1) is 31.6. The molecule has 0 spiro atoms. The number of ketones is 1. The fourth-order valence-electron chi connectivity index (χ4n) is 7.52. The lowest BCUT2D eigenvalue weighted by atomic mass is 9.89. The Labute approximate surface area is 376 Å². The van der Waals surface area contributed by atoms with Crippen LogP contribution in [0.25, 0.3) is 11.1 Å². The number of nitrogens with zero attached hydrogens (tertiary/aromatic N) is 6. The molecule has 17 heteroatoms. The molecular weight excluding hydrogens is 836 g/mol. The van der Waals surface area contributed by atoms with Crippen molar-refractivity contribution in [3.05, 3.63) is 155 Å². The first-order valence-electron chi connectivity index (χ1n) is 21.2. The highest BCUT2D eigenvalue weighted by Crippen LogP contribution is 2.38. The highest BCUT2D eigenvalue weighted by Gasteiger charge is 2.39. The minimum absolute atomic E-state index is 0.0555. The van der Waals surface area contributed by atoms with E-state index in [2.05, 4.69) is 20.3 Å². The smallest absolute Gasteiger partial charge is 0.254 e. The van der Waals surface area contributed by atoms with Crippen LogP contribution in [0.5, 0.6) is 0 Å². The van der Waals surface area contributed by atoms with Gasteiger partial charge < -0.3 is 54.0 Å². The number of benzene rings is 4. The number of hydrogen-bond acceptors (Lipinski definition) is 12. The summed E-state index contributed by atoms with van der Waals surface area (Å²) in [7, 11) is 2.90. The monoisotopic (exact) mass is 888 g/mol. The number of morpholine rings is 2. The van der Waals surface area contributed by atoms with Gasteiger partial charge in [-0.3, -0.25) is 4.79 Å². The minimum atomic E-state index is -1.49. The SMILES string of the molecule is CCOC(C)(c1cccc(C(=O)c2ccccc2)c1)c1cc(N=C(N)N2CCOCC2)on1.COC(OC)(c1ccc(-c2ccccc2)c(F)c1)c1cc(N=C(N)N2CCOCC2)on1. The summed E-state index contributed by atoms with van der Waals surface area (Å²) in [5, 5.41) is 8.29. The molecule has 0 bridgehead atoms. The molecule has 4 N–H and O–H groups in total. The van der Waals surface area contributed by atoms with Gasteiger partial charge in [0.25, 0.3) is 11.8 Å². The third-order valence-corrected chi connectivity index (χ3v) is 11.1. The van der Waals surface area contributed by atoms with Crippen LogP contribution in [0.15, 0.2) is 134 Å². The van der Waals surface area contributed by atoms with Gasteiger partial charge >= 0.3 is 0 Å². The summed E-state index contributed by atoms with van der Waals surface area (Å²) in [5.74, 6) is -0.823. The molecule has 8 rings (SSSR count). The number of methoxy groups -OCH3 is 2. The Kier molecular flexibility index (Phi) is 15.1. The summed E-state index contributed by atoms with van der Waals surface area (Å²) in [6, 6.07) is 33.9. The molecule has 0 radical (unpaired) electrons. The number of carbonyl (C=O) groups is 1. The topological polar surface area (TPSA) is 199 Å². The molecule has 0 saturated carbocycles. The summed E-state index contributed by atoms with van der Waals surface area (Å²) < 4.78 is 54.0. The highest BCUT2D eigenvalue weighted by atomic mass is 19.1. The molecule has 2 aliphatic rings. The second-order valence-corrected chi connectivity index (χ2v) is 15.1. The first-order valence-corrected chi connectivity index (χ1v) is 21.2. The summed E-state index contributed by atoms with van der Waals surface area (Å²) in [6.07, 6.45) is 0. The normalized spacial score (nSPS) is 15.8. The Bertz CT molecular complexity index is 2550. The second kappa shape index (κ2) is 21.3. The molecule has 16 nitrogen and oxygen atoms in total. The molecule has 340 valence electrons. The Hall–Kier alpha value is -6.76. The summed E-state index contributed by atoms with van der Waals surface area (Å²) >= 11 is 0. The Balaban J connectivity index is 0.000000194. The molecule has 2 saturated heterocycles. The van der Waals surface area contributed by atoms with Crippen molar-refractivity contribution in [1.29, 1.82) is 0 Å². The van der Waals surface area contributed by atoms with Crippen LogP contribution < -0.4 is 11.5 Å². The van der Waals surface area contributed by atoms with Crippen LogP contribution >= 0.6 is 0 Å². The van der Waals surface area contributed by atoms with Crippen LogP contribution in [0.2, 0.25) is 0 Å². The van der Waals surface area contributed by atoms with E-state index in [9.17, 15) is 4.79 Å². The number of halogens is 1. The lowest BCUT2D eigenvalue weighted by Crippen LogP contribution is -2.44. The van der Waals surface area contributed by atoms with Crippen molar-refractivity contribution in [2.24, 2.45) is 21.5 Å². The number of nitrogens with two attached hydrogens (primary N) is 2. The summed E-state index contributed by atoms with van der Waals surface area (Å²) in [5.41, 5.74) is 15.8. The maximum Gasteiger partial charge on any atom is 0.254 e. The Morgan fingerprint density at radius 3 is 1.78 bits per heavy atom. The van der Waals surface area contributed by atoms with Crippen molar-refractivity contribution in [1.82, 2.24) is 20.1 Å². The second-order valence-electron chi connectivity index (χ2n) is 15.1. The van der Waals surface area contributed by atoms with Gasteiger partial charge in [0.2, 0.25) is 5.79 Å². The standard InChI is InChI=1S/C25H28N4O4.C23H25FN4O4/c1-3-32-25(2,20-11-7-10-19(16-20)23(30)18-8-5-4-6-9-18)21-17-22(33-28-21)27-24(26)29-12-14-31-15-13-29;1-29-23(30-2,17-8-9-18(19(24)14-17)16-6-4-3-5-7-16)20-15-21(32-27-20)26-22(25)28-10-12-31-13-11-28/h4-11,16-17H,3,12-15H2,1-2H3,(H2,26,27);3-9,14-15H,10-13H2,1-2H3,(H2,25,26). The molecule has 1 unspecified atom stereocenters. The molecule has 2 fully saturated rings. The van der Waals surface area contributed by atoms with Gasteiger partial charge in [0.05, 0.1) is 26.4 Å².